The average Bonchev–Trinajstić information content (AvgIpc) is 3.31. The van der Waals surface area contributed by atoms with Crippen molar-refractivity contribution in [2.24, 2.45) is 5.41 Å². The fraction of sp³-hybridized carbons (Fsp3) is 0.483. The van der Waals surface area contributed by atoms with Gasteiger partial charge in [0.05, 0.1) is 28.7 Å². The number of hydrogen-bond donors (Lipinski definition) is 1. The molecule has 0 saturated carbocycles. The van der Waals surface area contributed by atoms with Gasteiger partial charge in [-0.05, 0) is 57.1 Å². The first-order chi connectivity index (χ1) is 18.2. The Kier molecular flexibility index (Phi) is 5.84. The zero-order valence-corrected chi connectivity index (χ0v) is 22.5. The number of nitriles is 1. The second-order valence-electron chi connectivity index (χ2n) is 11.6. The highest BCUT2D eigenvalue weighted by molar-refractivity contribution is 6.00. The number of nitrogens with one attached hydrogen (secondary N) is 1. The van der Waals surface area contributed by atoms with E-state index in [1.54, 1.807) is 13.1 Å². The number of piperidine rings is 1. The molecule has 8 nitrogen and oxygen atoms in total. The van der Waals surface area contributed by atoms with Crippen LogP contribution in [0.15, 0.2) is 24.4 Å². The Bertz CT molecular complexity index is 1450. The second-order valence-corrected chi connectivity index (χ2v) is 11.6. The van der Waals surface area contributed by atoms with E-state index in [0.29, 0.717) is 22.9 Å². The van der Waals surface area contributed by atoms with Gasteiger partial charge in [0.1, 0.15) is 6.07 Å². The minimum atomic E-state index is -0.344. The molecule has 0 unspecified atom stereocenters. The minimum absolute atomic E-state index is 0.131. The third-order valence-corrected chi connectivity index (χ3v) is 9.01. The highest BCUT2D eigenvalue weighted by atomic mass is 19.1. The van der Waals surface area contributed by atoms with E-state index in [4.69, 9.17) is 0 Å². The summed E-state index contributed by atoms with van der Waals surface area (Å²) < 4.78 is 16.6. The summed E-state index contributed by atoms with van der Waals surface area (Å²) in [6.07, 6.45) is 3.62. The van der Waals surface area contributed by atoms with Gasteiger partial charge >= 0.3 is 0 Å². The molecule has 4 heterocycles. The molecule has 2 aromatic carbocycles. The number of carbonyl (C=O) groups is 1. The molecule has 3 saturated heterocycles. The number of anilines is 2. The highest BCUT2D eigenvalue weighted by Gasteiger charge is 2.46. The summed E-state index contributed by atoms with van der Waals surface area (Å²) in [5.74, 6) is -0.212. The molecule has 0 aliphatic carbocycles. The largest absolute Gasteiger partial charge is 0.370 e. The van der Waals surface area contributed by atoms with Gasteiger partial charge in [0, 0.05) is 68.6 Å². The van der Waals surface area contributed by atoms with Crippen molar-refractivity contribution in [2.45, 2.75) is 32.7 Å². The molecule has 6 rings (SSSR count). The molecule has 0 atom stereocenters. The Labute approximate surface area is 222 Å². The lowest BCUT2D eigenvalue weighted by atomic mass is 9.72. The van der Waals surface area contributed by atoms with Crippen LogP contribution in [-0.4, -0.2) is 85.3 Å². The van der Waals surface area contributed by atoms with Crippen molar-refractivity contribution in [3.63, 3.8) is 0 Å². The number of halogens is 1. The molecule has 3 aliphatic heterocycles. The van der Waals surface area contributed by atoms with Crippen LogP contribution in [0.4, 0.5) is 15.8 Å². The number of H-pyrrole nitrogens is 1. The molecule has 9 heteroatoms. The number of aromatic amines is 1. The van der Waals surface area contributed by atoms with E-state index >= 15 is 4.39 Å². The van der Waals surface area contributed by atoms with Crippen LogP contribution in [0.1, 0.15) is 30.9 Å². The second kappa shape index (κ2) is 8.98. The van der Waals surface area contributed by atoms with Crippen LogP contribution >= 0.6 is 0 Å². The Morgan fingerprint density at radius 2 is 1.87 bits per heavy atom. The normalized spacial score (nSPS) is 19.1. The lowest BCUT2D eigenvalue weighted by Crippen LogP contribution is -2.61. The predicted octanol–water partition coefficient (Wildman–Crippen LogP) is 3.75. The molecule has 198 valence electrons. The molecule has 1 N–H and O–H groups in total. The number of carbonyl (C=O) groups excluding carboxylic acids is 1. The number of likely N-dealkylation sites (N-methyl/N-ethyl adjacent to an activating group) is 1. The molecular formula is C29H34FN7O. The summed E-state index contributed by atoms with van der Waals surface area (Å²) in [5.41, 5.74) is 4.70. The first-order valence-corrected chi connectivity index (χ1v) is 13.3. The van der Waals surface area contributed by atoms with Crippen molar-refractivity contribution >= 4 is 28.2 Å². The average molecular weight is 516 g/mol. The maximum absolute atomic E-state index is 16.6. The van der Waals surface area contributed by atoms with Crippen LogP contribution in [0.2, 0.25) is 0 Å². The molecule has 1 amide bonds. The standard InChI is InChI=1S/C29H34FN7O/c1-18-5-6-23-22(13-32-33-23)26(18)27-21(12-31)24(11-25(28(27)30)36-14-20(15-36)34(3)4)35-9-7-29(8-10-35)16-37(17-29)19(2)38/h5-6,11,13,20H,7-10,14-17H2,1-4H3,(H,32,33). The molecule has 3 aliphatic rings. The highest BCUT2D eigenvalue weighted by Crippen LogP contribution is 2.46. The molecule has 38 heavy (non-hydrogen) atoms. The van der Waals surface area contributed by atoms with Crippen molar-refractivity contribution in [1.29, 1.82) is 5.26 Å². The van der Waals surface area contributed by atoms with E-state index in [0.717, 1.165) is 79.8 Å². The molecule has 3 fully saturated rings. The quantitative estimate of drug-likeness (QED) is 0.570. The van der Waals surface area contributed by atoms with Crippen LogP contribution in [0.3, 0.4) is 0 Å². The molecule has 3 aromatic rings. The Morgan fingerprint density at radius 3 is 2.50 bits per heavy atom. The third-order valence-electron chi connectivity index (χ3n) is 9.01. The number of aromatic nitrogens is 2. The Balaban J connectivity index is 1.44. The minimum Gasteiger partial charge on any atom is -0.370 e. The summed E-state index contributed by atoms with van der Waals surface area (Å²) >= 11 is 0. The number of aryl methyl sites for hydroxylation is 1. The van der Waals surface area contributed by atoms with Crippen LogP contribution in [0.5, 0.6) is 0 Å². The maximum Gasteiger partial charge on any atom is 0.219 e. The zero-order chi connectivity index (χ0) is 26.8. The van der Waals surface area contributed by atoms with E-state index in [2.05, 4.69) is 31.0 Å². The van der Waals surface area contributed by atoms with Gasteiger partial charge in [0.15, 0.2) is 5.82 Å². The monoisotopic (exact) mass is 515 g/mol. The molecular weight excluding hydrogens is 481 g/mol. The lowest BCUT2D eigenvalue weighted by molar-refractivity contribution is -0.142. The van der Waals surface area contributed by atoms with Gasteiger partial charge in [-0.3, -0.25) is 9.89 Å². The van der Waals surface area contributed by atoms with E-state index in [-0.39, 0.29) is 17.1 Å². The Morgan fingerprint density at radius 1 is 1.16 bits per heavy atom. The van der Waals surface area contributed by atoms with E-state index < -0.39 is 0 Å². The third kappa shape index (κ3) is 3.81. The smallest absolute Gasteiger partial charge is 0.219 e. The summed E-state index contributed by atoms with van der Waals surface area (Å²) in [7, 11) is 4.10. The molecule has 1 spiro atoms. The zero-order valence-electron chi connectivity index (χ0n) is 22.5. The number of amides is 1. The van der Waals surface area contributed by atoms with Crippen LogP contribution in [0, 0.1) is 29.5 Å². The van der Waals surface area contributed by atoms with Crippen molar-refractivity contribution in [3.8, 4) is 17.2 Å². The summed E-state index contributed by atoms with van der Waals surface area (Å²) in [4.78, 5) is 20.2. The summed E-state index contributed by atoms with van der Waals surface area (Å²) in [6, 6.07) is 8.56. The summed E-state index contributed by atoms with van der Waals surface area (Å²) in [5, 5.41) is 18.5. The van der Waals surface area contributed by atoms with E-state index in [9.17, 15) is 10.1 Å². The van der Waals surface area contributed by atoms with Crippen LogP contribution < -0.4 is 9.80 Å². The SMILES string of the molecule is CC(=O)N1CC2(CCN(c3cc(N4CC(N(C)C)C4)c(F)c(-c4c(C)ccc5[nH]ncc45)c3C#N)CC2)C1. The number of likely N-dealkylation sites (tertiary alicyclic amines) is 1. The van der Waals surface area contributed by atoms with Gasteiger partial charge in [-0.15, -0.1) is 0 Å². The number of benzene rings is 2. The fourth-order valence-corrected chi connectivity index (χ4v) is 6.42. The predicted molar refractivity (Wildman–Crippen MR) is 147 cm³/mol. The van der Waals surface area contributed by atoms with Crippen LogP contribution in [-0.2, 0) is 4.79 Å². The van der Waals surface area contributed by atoms with Gasteiger partial charge in [0.25, 0.3) is 0 Å². The number of rotatable bonds is 4. The van der Waals surface area contributed by atoms with Gasteiger partial charge < -0.3 is 19.6 Å². The van der Waals surface area contributed by atoms with Crippen molar-refractivity contribution in [3.05, 3.63) is 41.3 Å². The topological polar surface area (TPSA) is 82.5 Å². The van der Waals surface area contributed by atoms with E-state index in [1.165, 1.54) is 0 Å². The first-order valence-electron chi connectivity index (χ1n) is 13.3. The maximum atomic E-state index is 16.6. The molecule has 0 radical (unpaired) electrons. The number of nitrogens with zero attached hydrogens (tertiary/aromatic N) is 6. The van der Waals surface area contributed by atoms with Crippen molar-refractivity contribution < 1.29 is 9.18 Å². The van der Waals surface area contributed by atoms with Crippen molar-refractivity contribution in [1.82, 2.24) is 20.0 Å². The molecule has 0 bridgehead atoms. The van der Waals surface area contributed by atoms with Crippen molar-refractivity contribution in [2.75, 3.05) is 63.2 Å². The Hall–Kier alpha value is -3.64. The fourth-order valence-electron chi connectivity index (χ4n) is 6.42. The van der Waals surface area contributed by atoms with E-state index in [1.807, 2.05) is 44.1 Å². The summed E-state index contributed by atoms with van der Waals surface area (Å²) in [6.45, 7) is 8.25. The molecule has 1 aromatic heterocycles. The van der Waals surface area contributed by atoms with Gasteiger partial charge in [-0.1, -0.05) is 6.07 Å². The van der Waals surface area contributed by atoms with Gasteiger partial charge in [-0.2, -0.15) is 10.4 Å². The number of fused-ring (bicyclic) bond motifs is 1. The van der Waals surface area contributed by atoms with Gasteiger partial charge in [0.2, 0.25) is 5.91 Å². The van der Waals surface area contributed by atoms with Crippen LogP contribution in [0.25, 0.3) is 22.0 Å². The lowest BCUT2D eigenvalue weighted by Gasteiger charge is -2.54. The first kappa shape index (κ1) is 24.7. The number of hydrogen-bond acceptors (Lipinski definition) is 6. The van der Waals surface area contributed by atoms with Gasteiger partial charge in [-0.25, -0.2) is 4.39 Å².